The van der Waals surface area contributed by atoms with Crippen LogP contribution in [0.15, 0.2) is 52.7 Å². The predicted octanol–water partition coefficient (Wildman–Crippen LogP) is 3.61. The Morgan fingerprint density at radius 2 is 1.97 bits per heavy atom. The lowest BCUT2D eigenvalue weighted by atomic mass is 9.97. The number of halogens is 1. The summed E-state index contributed by atoms with van der Waals surface area (Å²) in [6, 6.07) is 8.31. The molecule has 10 heteroatoms. The summed E-state index contributed by atoms with van der Waals surface area (Å²) >= 11 is 1.67. The number of anilines is 1. The summed E-state index contributed by atoms with van der Waals surface area (Å²) in [5.74, 6) is 0.860. The first-order chi connectivity index (χ1) is 17.9. The number of thioether (sulfide) groups is 1. The van der Waals surface area contributed by atoms with Crippen LogP contribution in [0.1, 0.15) is 11.6 Å². The maximum Gasteiger partial charge on any atom is 0.350 e. The van der Waals surface area contributed by atoms with Crippen LogP contribution in [0.25, 0.3) is 22.0 Å². The Hall–Kier alpha value is -3.21. The van der Waals surface area contributed by atoms with E-state index in [0.29, 0.717) is 44.4 Å². The highest BCUT2D eigenvalue weighted by Crippen LogP contribution is 2.45. The molecule has 2 aliphatic heterocycles. The molecule has 1 atom stereocenters. The normalized spacial score (nSPS) is 17.3. The zero-order valence-corrected chi connectivity index (χ0v) is 21.7. The summed E-state index contributed by atoms with van der Waals surface area (Å²) < 4.78 is 26.1. The van der Waals surface area contributed by atoms with Crippen molar-refractivity contribution in [2.45, 2.75) is 17.9 Å². The Morgan fingerprint density at radius 1 is 1.24 bits per heavy atom. The molecular weight excluding hydrogens is 495 g/mol. The van der Waals surface area contributed by atoms with Crippen LogP contribution < -0.4 is 10.6 Å². The van der Waals surface area contributed by atoms with Gasteiger partial charge in [-0.05, 0) is 42.3 Å². The largest absolute Gasteiger partial charge is 0.359 e. The van der Waals surface area contributed by atoms with E-state index in [4.69, 9.17) is 9.47 Å². The van der Waals surface area contributed by atoms with E-state index in [1.807, 2.05) is 6.92 Å². The highest BCUT2D eigenvalue weighted by Gasteiger charge is 2.31. The molecule has 0 radical (unpaired) electrons. The van der Waals surface area contributed by atoms with Crippen LogP contribution in [0, 0.1) is 12.7 Å². The molecule has 8 nitrogen and oxygen atoms in total. The van der Waals surface area contributed by atoms with Gasteiger partial charge < -0.3 is 19.3 Å². The number of rotatable bonds is 7. The first kappa shape index (κ1) is 25.4. The predicted molar refractivity (Wildman–Crippen MR) is 143 cm³/mol. The molecule has 3 aromatic rings. The second-order valence-corrected chi connectivity index (χ2v) is 10.2. The number of nitrogens with zero attached hydrogens (tertiary/aromatic N) is 4. The van der Waals surface area contributed by atoms with Crippen molar-refractivity contribution in [3.63, 3.8) is 0 Å². The summed E-state index contributed by atoms with van der Waals surface area (Å²) in [5, 5.41) is 0.880. The second-order valence-electron chi connectivity index (χ2n) is 9.15. The Kier molecular flexibility index (Phi) is 7.32. The van der Waals surface area contributed by atoms with Crippen LogP contribution in [0.5, 0.6) is 0 Å². The number of amides is 1. The summed E-state index contributed by atoms with van der Waals surface area (Å²) in [6.07, 6.45) is 1.33. The Bertz CT molecular complexity index is 1400. The molecule has 0 unspecified atom stereocenters. The van der Waals surface area contributed by atoms with Crippen LogP contribution in [0.4, 0.5) is 10.2 Å². The van der Waals surface area contributed by atoms with E-state index in [0.717, 1.165) is 32.5 Å². The van der Waals surface area contributed by atoms with Crippen molar-refractivity contribution in [3.8, 4) is 11.1 Å². The fourth-order valence-corrected chi connectivity index (χ4v) is 6.47. The van der Waals surface area contributed by atoms with Gasteiger partial charge >= 0.3 is 5.69 Å². The van der Waals surface area contributed by atoms with Crippen LogP contribution in [0.3, 0.4) is 0 Å². The van der Waals surface area contributed by atoms with Crippen molar-refractivity contribution in [1.82, 2.24) is 14.5 Å². The Morgan fingerprint density at radius 3 is 2.65 bits per heavy atom. The van der Waals surface area contributed by atoms with Gasteiger partial charge in [0.05, 0.1) is 18.2 Å². The van der Waals surface area contributed by atoms with Gasteiger partial charge in [0.1, 0.15) is 18.4 Å². The lowest BCUT2D eigenvalue weighted by Crippen LogP contribution is -2.49. The number of benzene rings is 2. The number of carbonyl (C=O) groups is 1. The summed E-state index contributed by atoms with van der Waals surface area (Å²) in [4.78, 5) is 35.0. The molecule has 0 N–H and O–H groups in total. The summed E-state index contributed by atoms with van der Waals surface area (Å²) in [6.45, 7) is 8.24. The highest BCUT2D eigenvalue weighted by molar-refractivity contribution is 7.99. The molecule has 1 fully saturated rings. The van der Waals surface area contributed by atoms with E-state index in [1.165, 1.54) is 18.2 Å². The number of aromatic nitrogens is 2. The van der Waals surface area contributed by atoms with Crippen molar-refractivity contribution in [2.24, 2.45) is 0 Å². The molecular formula is C27H29FN4O4S. The average molecular weight is 525 g/mol. The molecule has 194 valence electrons. The molecule has 0 bridgehead atoms. The van der Waals surface area contributed by atoms with E-state index in [9.17, 15) is 14.0 Å². The average Bonchev–Trinajstić information content (AvgIpc) is 2.91. The second kappa shape index (κ2) is 10.6. The van der Waals surface area contributed by atoms with Crippen molar-refractivity contribution in [2.75, 3.05) is 57.3 Å². The van der Waals surface area contributed by atoms with E-state index in [1.54, 1.807) is 40.5 Å². The summed E-state index contributed by atoms with van der Waals surface area (Å²) in [7, 11) is 1.56. The highest BCUT2D eigenvalue weighted by atomic mass is 32.2. The van der Waals surface area contributed by atoms with Crippen molar-refractivity contribution in [3.05, 3.63) is 64.9 Å². The van der Waals surface area contributed by atoms with E-state index >= 15 is 0 Å². The molecule has 3 heterocycles. The third-order valence-electron chi connectivity index (χ3n) is 6.84. The minimum absolute atomic E-state index is 0.0975. The van der Waals surface area contributed by atoms with E-state index in [2.05, 4.69) is 22.5 Å². The zero-order valence-electron chi connectivity index (χ0n) is 20.9. The molecule has 0 aliphatic carbocycles. The minimum Gasteiger partial charge on any atom is -0.359 e. The van der Waals surface area contributed by atoms with Gasteiger partial charge in [-0.3, -0.25) is 9.36 Å². The maximum absolute atomic E-state index is 13.7. The number of ether oxygens (including phenoxy) is 2. The van der Waals surface area contributed by atoms with Crippen molar-refractivity contribution < 1.29 is 18.7 Å². The lowest BCUT2D eigenvalue weighted by Gasteiger charge is -2.36. The summed E-state index contributed by atoms with van der Waals surface area (Å²) in [5.41, 5.74) is 3.37. The van der Waals surface area contributed by atoms with Crippen LogP contribution in [-0.2, 0) is 14.3 Å². The third kappa shape index (κ3) is 4.76. The fourth-order valence-electron chi connectivity index (χ4n) is 5.09. The van der Waals surface area contributed by atoms with Crippen molar-refractivity contribution >= 4 is 34.4 Å². The fraction of sp³-hybridized carbons (Fsp3) is 0.370. The molecule has 1 amide bonds. The first-order valence-corrected chi connectivity index (χ1v) is 13.1. The molecule has 2 aromatic carbocycles. The lowest BCUT2D eigenvalue weighted by molar-refractivity contribution is -0.126. The van der Waals surface area contributed by atoms with Crippen molar-refractivity contribution in [1.29, 1.82) is 0 Å². The number of methoxy groups -OCH3 is 1. The number of hydrogen-bond acceptors (Lipinski definition) is 7. The standard InChI is InChI=1S/C27H29FN4O4S/c1-4-22(33)30-9-11-31(12-10-30)26-21-13-17(2)23(18-5-7-19(28)8-6-18)25-24(21)32(27(34)29-26)20(15-37-25)14-36-16-35-3/h4-8,13,20H,1,9-12,14-16H2,2-3H3/t20-/m0/s1. The van der Waals surface area contributed by atoms with Gasteiger partial charge in [-0.25, -0.2) is 9.18 Å². The van der Waals surface area contributed by atoms with E-state index in [-0.39, 0.29) is 30.2 Å². The number of piperazine rings is 1. The molecule has 1 saturated heterocycles. The van der Waals surface area contributed by atoms with Gasteiger partial charge in [0, 0.05) is 54.9 Å². The Labute approximate surface area is 218 Å². The van der Waals surface area contributed by atoms with Crippen LogP contribution >= 0.6 is 11.8 Å². The minimum atomic E-state index is -0.339. The quantitative estimate of drug-likeness (QED) is 0.266. The number of carbonyl (C=O) groups excluding carboxylic acids is 1. The molecule has 5 rings (SSSR count). The topological polar surface area (TPSA) is 76.9 Å². The molecule has 2 aliphatic rings. The zero-order chi connectivity index (χ0) is 26.1. The van der Waals surface area contributed by atoms with Gasteiger partial charge in [0.25, 0.3) is 0 Å². The van der Waals surface area contributed by atoms with Gasteiger partial charge in [-0.2, -0.15) is 4.98 Å². The SMILES string of the molecule is C=CC(=O)N1CCN(c2nc(=O)n3c4c(c(-c5ccc(F)cc5)c(C)cc24)SC[C@@H]3COCOC)CC1. The molecule has 1 aromatic heterocycles. The van der Waals surface area contributed by atoms with Gasteiger partial charge in [-0.1, -0.05) is 18.7 Å². The van der Waals surface area contributed by atoms with Gasteiger partial charge in [-0.15, -0.1) is 11.8 Å². The molecule has 0 saturated carbocycles. The third-order valence-corrected chi connectivity index (χ3v) is 8.07. The van der Waals surface area contributed by atoms with Crippen LogP contribution in [-0.4, -0.2) is 72.8 Å². The smallest absolute Gasteiger partial charge is 0.350 e. The number of aryl methyl sites for hydroxylation is 1. The molecule has 0 spiro atoms. The number of hydrogen-bond donors (Lipinski definition) is 0. The van der Waals surface area contributed by atoms with E-state index < -0.39 is 0 Å². The first-order valence-electron chi connectivity index (χ1n) is 12.1. The van der Waals surface area contributed by atoms with Gasteiger partial charge in [0.2, 0.25) is 5.91 Å². The van der Waals surface area contributed by atoms with Gasteiger partial charge in [0.15, 0.2) is 0 Å². The Balaban J connectivity index is 1.66. The monoisotopic (exact) mass is 524 g/mol. The maximum atomic E-state index is 13.7. The molecule has 37 heavy (non-hydrogen) atoms. The van der Waals surface area contributed by atoms with Crippen LogP contribution in [0.2, 0.25) is 0 Å².